The highest BCUT2D eigenvalue weighted by Gasteiger charge is 2.48. The quantitative estimate of drug-likeness (QED) is 0.862. The second-order valence-corrected chi connectivity index (χ2v) is 6.52. The van der Waals surface area contributed by atoms with Gasteiger partial charge < -0.3 is 9.47 Å². The van der Waals surface area contributed by atoms with E-state index in [-0.39, 0.29) is 17.6 Å². The number of ether oxygens (including phenoxy) is 2. The van der Waals surface area contributed by atoms with Gasteiger partial charge in [-0.2, -0.15) is 0 Å². The van der Waals surface area contributed by atoms with E-state index in [1.54, 1.807) is 12.3 Å². The van der Waals surface area contributed by atoms with E-state index in [0.29, 0.717) is 6.61 Å². The third-order valence-electron chi connectivity index (χ3n) is 4.59. The topological polar surface area (TPSA) is 47.5 Å². The minimum Gasteiger partial charge on any atom is -0.472 e. The second kappa shape index (κ2) is 6.45. The fourth-order valence-corrected chi connectivity index (χ4v) is 3.52. The Morgan fingerprint density at radius 3 is 2.88 bits per heavy atom. The van der Waals surface area contributed by atoms with Crippen molar-refractivity contribution in [2.24, 2.45) is 0 Å². The maximum atomic E-state index is 13.7. The van der Waals surface area contributed by atoms with Crippen molar-refractivity contribution in [1.82, 2.24) is 14.9 Å². The summed E-state index contributed by atoms with van der Waals surface area (Å²) in [5.74, 6) is -0.326. The van der Waals surface area contributed by atoms with E-state index >= 15 is 0 Å². The van der Waals surface area contributed by atoms with Crippen molar-refractivity contribution in [3.05, 3.63) is 54.2 Å². The van der Waals surface area contributed by atoms with Gasteiger partial charge in [-0.3, -0.25) is 9.88 Å². The predicted molar refractivity (Wildman–Crippen MR) is 86.0 cm³/mol. The van der Waals surface area contributed by atoms with Gasteiger partial charge in [0, 0.05) is 44.9 Å². The summed E-state index contributed by atoms with van der Waals surface area (Å²) in [6.07, 6.45) is 4.83. The standard InChI is InChI=1S/C18H20FN3O2/c19-16-5-3-8-21-17(16)24-15-6-9-23-18(10-15)12-22(13-18)11-14-4-1-2-7-20-14/h1-5,7-8,15H,6,9-13H2/t15-/m0/s1. The van der Waals surface area contributed by atoms with Crippen LogP contribution in [0.15, 0.2) is 42.7 Å². The molecule has 2 aliphatic rings. The summed E-state index contributed by atoms with van der Waals surface area (Å²) in [5.41, 5.74) is 0.884. The van der Waals surface area contributed by atoms with Crippen LogP contribution >= 0.6 is 0 Å². The van der Waals surface area contributed by atoms with Crippen LogP contribution in [0.5, 0.6) is 5.88 Å². The third-order valence-corrected chi connectivity index (χ3v) is 4.59. The van der Waals surface area contributed by atoms with Crippen molar-refractivity contribution in [3.63, 3.8) is 0 Å². The Balaban J connectivity index is 1.34. The summed E-state index contributed by atoms with van der Waals surface area (Å²) in [7, 11) is 0. The van der Waals surface area contributed by atoms with Crippen LogP contribution in [-0.4, -0.2) is 46.3 Å². The summed E-state index contributed by atoms with van der Waals surface area (Å²) in [5, 5.41) is 0. The molecule has 4 heterocycles. The Bertz CT molecular complexity index is 692. The molecule has 0 amide bonds. The van der Waals surface area contributed by atoms with Gasteiger partial charge in [0.15, 0.2) is 5.82 Å². The Labute approximate surface area is 140 Å². The highest BCUT2D eigenvalue weighted by atomic mass is 19.1. The summed E-state index contributed by atoms with van der Waals surface area (Å²) in [6.45, 7) is 3.17. The van der Waals surface area contributed by atoms with Crippen LogP contribution in [0.1, 0.15) is 18.5 Å². The van der Waals surface area contributed by atoms with Gasteiger partial charge in [-0.25, -0.2) is 9.37 Å². The summed E-state index contributed by atoms with van der Waals surface area (Å²) < 4.78 is 25.5. The molecule has 0 radical (unpaired) electrons. The molecule has 0 unspecified atom stereocenters. The van der Waals surface area contributed by atoms with Gasteiger partial charge in [0.2, 0.25) is 0 Å². The zero-order valence-electron chi connectivity index (χ0n) is 13.4. The highest BCUT2D eigenvalue weighted by Crippen LogP contribution is 2.36. The number of nitrogens with zero attached hydrogens (tertiary/aromatic N) is 3. The average Bonchev–Trinajstić information content (AvgIpc) is 2.57. The zero-order valence-corrected chi connectivity index (χ0v) is 13.4. The maximum absolute atomic E-state index is 13.7. The number of hydrogen-bond donors (Lipinski definition) is 0. The molecule has 4 rings (SSSR count). The Kier molecular flexibility index (Phi) is 4.16. The molecule has 6 heteroatoms. The molecule has 2 saturated heterocycles. The van der Waals surface area contributed by atoms with Crippen molar-refractivity contribution < 1.29 is 13.9 Å². The number of pyridine rings is 2. The van der Waals surface area contributed by atoms with Crippen molar-refractivity contribution in [3.8, 4) is 5.88 Å². The lowest BCUT2D eigenvalue weighted by molar-refractivity contribution is -0.188. The molecule has 2 aromatic heterocycles. The van der Waals surface area contributed by atoms with Crippen LogP contribution in [0.4, 0.5) is 4.39 Å². The van der Waals surface area contributed by atoms with E-state index < -0.39 is 5.82 Å². The van der Waals surface area contributed by atoms with Crippen molar-refractivity contribution in [1.29, 1.82) is 0 Å². The van der Waals surface area contributed by atoms with E-state index in [9.17, 15) is 4.39 Å². The molecule has 0 aliphatic carbocycles. The molecular formula is C18H20FN3O2. The van der Waals surface area contributed by atoms with Gasteiger partial charge in [0.1, 0.15) is 6.10 Å². The zero-order chi connectivity index (χ0) is 16.4. The number of hydrogen-bond acceptors (Lipinski definition) is 5. The molecule has 0 saturated carbocycles. The monoisotopic (exact) mass is 329 g/mol. The second-order valence-electron chi connectivity index (χ2n) is 6.52. The van der Waals surface area contributed by atoms with Gasteiger partial charge in [0.05, 0.1) is 17.9 Å². The van der Waals surface area contributed by atoms with Crippen LogP contribution < -0.4 is 4.74 Å². The predicted octanol–water partition coefficient (Wildman–Crippen LogP) is 2.43. The van der Waals surface area contributed by atoms with Crippen LogP contribution in [0, 0.1) is 5.82 Å². The van der Waals surface area contributed by atoms with E-state index in [4.69, 9.17) is 9.47 Å². The van der Waals surface area contributed by atoms with Gasteiger partial charge in [-0.05, 0) is 24.3 Å². The first-order chi connectivity index (χ1) is 11.7. The molecule has 2 aromatic rings. The van der Waals surface area contributed by atoms with Crippen LogP contribution in [0.2, 0.25) is 0 Å². The molecule has 5 nitrogen and oxygen atoms in total. The van der Waals surface area contributed by atoms with Crippen molar-refractivity contribution in [2.45, 2.75) is 31.1 Å². The first-order valence-electron chi connectivity index (χ1n) is 8.26. The minimum absolute atomic E-state index is 0.0554. The Morgan fingerprint density at radius 1 is 1.21 bits per heavy atom. The molecule has 126 valence electrons. The molecule has 2 fully saturated rings. The smallest absolute Gasteiger partial charge is 0.250 e. The first kappa shape index (κ1) is 15.5. The molecule has 2 aliphatic heterocycles. The summed E-state index contributed by atoms with van der Waals surface area (Å²) in [4.78, 5) is 10.6. The van der Waals surface area contributed by atoms with Gasteiger partial charge in [-0.15, -0.1) is 0 Å². The van der Waals surface area contributed by atoms with Gasteiger partial charge in [-0.1, -0.05) is 6.07 Å². The van der Waals surface area contributed by atoms with E-state index in [0.717, 1.165) is 38.2 Å². The van der Waals surface area contributed by atoms with Crippen molar-refractivity contribution >= 4 is 0 Å². The SMILES string of the molecule is Fc1cccnc1O[C@H]1CCOC2(C1)CN(Cc1ccccn1)C2. The average molecular weight is 329 g/mol. The number of rotatable bonds is 4. The fraction of sp³-hybridized carbons (Fsp3) is 0.444. The minimum atomic E-state index is -0.413. The molecule has 1 spiro atoms. The van der Waals surface area contributed by atoms with E-state index in [1.165, 1.54) is 6.07 Å². The largest absolute Gasteiger partial charge is 0.472 e. The lowest BCUT2D eigenvalue weighted by Crippen LogP contribution is -2.65. The molecule has 0 aromatic carbocycles. The molecule has 0 N–H and O–H groups in total. The molecule has 0 bridgehead atoms. The van der Waals surface area contributed by atoms with Crippen LogP contribution in [0.25, 0.3) is 0 Å². The normalized spacial score (nSPS) is 23.0. The summed E-state index contributed by atoms with van der Waals surface area (Å²) in [6, 6.07) is 8.89. The maximum Gasteiger partial charge on any atom is 0.250 e. The van der Waals surface area contributed by atoms with Crippen LogP contribution in [0.3, 0.4) is 0 Å². The third kappa shape index (κ3) is 3.25. The van der Waals surface area contributed by atoms with E-state index in [2.05, 4.69) is 14.9 Å². The highest BCUT2D eigenvalue weighted by molar-refractivity contribution is 5.14. The Morgan fingerprint density at radius 2 is 2.08 bits per heavy atom. The number of aromatic nitrogens is 2. The lowest BCUT2D eigenvalue weighted by Gasteiger charge is -2.52. The molecular weight excluding hydrogens is 309 g/mol. The van der Waals surface area contributed by atoms with Gasteiger partial charge >= 0.3 is 0 Å². The first-order valence-corrected chi connectivity index (χ1v) is 8.26. The molecule has 1 atom stereocenters. The summed E-state index contributed by atoms with van der Waals surface area (Å²) >= 11 is 0. The van der Waals surface area contributed by atoms with Gasteiger partial charge in [0.25, 0.3) is 5.88 Å². The Hall–Kier alpha value is -2.05. The molecule has 24 heavy (non-hydrogen) atoms. The van der Waals surface area contributed by atoms with Crippen LogP contribution in [-0.2, 0) is 11.3 Å². The fourth-order valence-electron chi connectivity index (χ4n) is 3.52. The van der Waals surface area contributed by atoms with E-state index in [1.807, 2.05) is 24.4 Å². The van der Waals surface area contributed by atoms with Crippen molar-refractivity contribution in [2.75, 3.05) is 19.7 Å². The number of likely N-dealkylation sites (tertiary alicyclic amines) is 1. The number of halogens is 1. The lowest BCUT2D eigenvalue weighted by atomic mass is 9.84.